The number of hydrogen-bond donors (Lipinski definition) is 0. The van der Waals surface area contributed by atoms with Crippen LogP contribution in [0.4, 0.5) is 0 Å². The Balaban J connectivity index is 1.71. The Morgan fingerprint density at radius 2 is 2.28 bits per heavy atom. The number of ether oxygens (including phenoxy) is 1. The molecule has 1 aliphatic rings. The molecule has 0 aliphatic heterocycles. The molecule has 7 heteroatoms. The maximum Gasteiger partial charge on any atom is 0.316 e. The van der Waals surface area contributed by atoms with Crippen LogP contribution in [0.1, 0.15) is 44.1 Å². The molecule has 2 heterocycles. The highest BCUT2D eigenvalue weighted by atomic mass is 32.2. The van der Waals surface area contributed by atoms with E-state index in [1.807, 2.05) is 36.8 Å². The topological polar surface area (TPSA) is 57.0 Å². The molecule has 2 aromatic heterocycles. The first-order chi connectivity index (χ1) is 12.0. The van der Waals surface area contributed by atoms with Crippen LogP contribution in [0.5, 0.6) is 0 Å². The molecule has 5 nitrogen and oxygen atoms in total. The SMILES string of the molecule is CCC1CCc2sc(-c3nnc(SCC(=O)OC(C)C)n3C)cc2C1. The molecular formula is C18H25N3O2S2. The third-order valence-corrected chi connectivity index (χ3v) is 6.73. The van der Waals surface area contributed by atoms with Crippen molar-refractivity contribution in [2.24, 2.45) is 13.0 Å². The smallest absolute Gasteiger partial charge is 0.316 e. The van der Waals surface area contributed by atoms with Crippen LogP contribution in [0, 0.1) is 5.92 Å². The van der Waals surface area contributed by atoms with E-state index in [0.717, 1.165) is 16.9 Å². The number of fused-ring (bicyclic) bond motifs is 1. The van der Waals surface area contributed by atoms with E-state index in [0.29, 0.717) is 0 Å². The van der Waals surface area contributed by atoms with Gasteiger partial charge >= 0.3 is 5.97 Å². The maximum atomic E-state index is 11.7. The molecule has 0 bridgehead atoms. The van der Waals surface area contributed by atoms with E-state index in [-0.39, 0.29) is 17.8 Å². The van der Waals surface area contributed by atoms with Gasteiger partial charge in [-0.1, -0.05) is 25.1 Å². The second kappa shape index (κ2) is 7.91. The lowest BCUT2D eigenvalue weighted by atomic mass is 9.87. The fourth-order valence-corrected chi connectivity index (χ4v) is 5.06. The molecule has 0 saturated heterocycles. The van der Waals surface area contributed by atoms with E-state index in [4.69, 9.17) is 4.74 Å². The highest BCUT2D eigenvalue weighted by Crippen LogP contribution is 2.37. The van der Waals surface area contributed by atoms with Crippen LogP contribution in [0.15, 0.2) is 11.2 Å². The Bertz CT molecular complexity index is 752. The summed E-state index contributed by atoms with van der Waals surface area (Å²) in [6, 6.07) is 2.29. The zero-order valence-corrected chi connectivity index (χ0v) is 16.9. The lowest BCUT2D eigenvalue weighted by Gasteiger charge is -2.19. The highest BCUT2D eigenvalue weighted by Gasteiger charge is 2.22. The van der Waals surface area contributed by atoms with Gasteiger partial charge in [-0.2, -0.15) is 0 Å². The lowest BCUT2D eigenvalue weighted by Crippen LogP contribution is -2.13. The lowest BCUT2D eigenvalue weighted by molar-refractivity contribution is -0.144. The second-order valence-corrected chi connectivity index (χ2v) is 8.85. The van der Waals surface area contributed by atoms with Gasteiger partial charge in [0.1, 0.15) is 0 Å². The molecule has 1 atom stereocenters. The van der Waals surface area contributed by atoms with E-state index in [1.165, 1.54) is 52.8 Å². The summed E-state index contributed by atoms with van der Waals surface area (Å²) in [7, 11) is 1.96. The van der Waals surface area contributed by atoms with Crippen LogP contribution in [0.2, 0.25) is 0 Å². The molecule has 2 aromatic rings. The minimum atomic E-state index is -0.221. The summed E-state index contributed by atoms with van der Waals surface area (Å²) in [5, 5.41) is 9.36. The average molecular weight is 380 g/mol. The average Bonchev–Trinajstić information content (AvgIpc) is 3.14. The largest absolute Gasteiger partial charge is 0.462 e. The van der Waals surface area contributed by atoms with Crippen LogP contribution >= 0.6 is 23.1 Å². The minimum Gasteiger partial charge on any atom is -0.462 e. The van der Waals surface area contributed by atoms with Crippen molar-refractivity contribution in [2.45, 2.75) is 57.7 Å². The van der Waals surface area contributed by atoms with Gasteiger partial charge in [0.25, 0.3) is 0 Å². The van der Waals surface area contributed by atoms with Crippen molar-refractivity contribution >= 4 is 29.1 Å². The predicted molar refractivity (Wildman–Crippen MR) is 102 cm³/mol. The number of carbonyl (C=O) groups is 1. The van der Waals surface area contributed by atoms with Gasteiger partial charge in [-0.3, -0.25) is 4.79 Å². The normalized spacial score (nSPS) is 16.9. The summed E-state index contributed by atoms with van der Waals surface area (Å²) in [6.07, 6.45) is 4.82. The molecule has 3 rings (SSSR count). The molecule has 0 spiro atoms. The van der Waals surface area contributed by atoms with Crippen LogP contribution in [-0.4, -0.2) is 32.6 Å². The van der Waals surface area contributed by atoms with Crippen molar-refractivity contribution in [2.75, 3.05) is 5.75 Å². The van der Waals surface area contributed by atoms with E-state index in [2.05, 4.69) is 23.2 Å². The summed E-state index contributed by atoms with van der Waals surface area (Å²) in [5.74, 6) is 1.73. The molecule has 0 aromatic carbocycles. The molecule has 0 radical (unpaired) electrons. The van der Waals surface area contributed by atoms with Gasteiger partial charge in [-0.05, 0) is 50.7 Å². The number of hydrogen-bond acceptors (Lipinski definition) is 6. The Morgan fingerprint density at radius 3 is 3.00 bits per heavy atom. The van der Waals surface area contributed by atoms with E-state index in [9.17, 15) is 4.79 Å². The van der Waals surface area contributed by atoms with Crippen molar-refractivity contribution in [1.82, 2.24) is 14.8 Å². The Kier molecular flexibility index (Phi) is 5.84. The zero-order chi connectivity index (χ0) is 18.0. The standard InChI is InChI=1S/C18H25N3O2S2/c1-5-12-6-7-14-13(8-12)9-15(25-14)17-19-20-18(21(17)4)24-10-16(22)23-11(2)3/h9,11-12H,5-8,10H2,1-4H3. The Hall–Kier alpha value is -1.34. The third kappa shape index (κ3) is 4.26. The second-order valence-electron chi connectivity index (χ2n) is 6.77. The number of nitrogens with zero attached hydrogens (tertiary/aromatic N) is 3. The van der Waals surface area contributed by atoms with Gasteiger partial charge < -0.3 is 9.30 Å². The molecule has 0 N–H and O–H groups in total. The van der Waals surface area contributed by atoms with Crippen molar-refractivity contribution < 1.29 is 9.53 Å². The Morgan fingerprint density at radius 1 is 1.48 bits per heavy atom. The number of carbonyl (C=O) groups excluding carboxylic acids is 1. The number of aromatic nitrogens is 3. The van der Waals surface area contributed by atoms with Gasteiger partial charge in [0, 0.05) is 11.9 Å². The molecule has 25 heavy (non-hydrogen) atoms. The van der Waals surface area contributed by atoms with E-state index < -0.39 is 0 Å². The highest BCUT2D eigenvalue weighted by molar-refractivity contribution is 7.99. The van der Waals surface area contributed by atoms with Crippen LogP contribution in [-0.2, 0) is 29.4 Å². The summed E-state index contributed by atoms with van der Waals surface area (Å²) in [5.41, 5.74) is 1.48. The quantitative estimate of drug-likeness (QED) is 0.559. The zero-order valence-electron chi connectivity index (χ0n) is 15.2. The number of aryl methyl sites for hydroxylation is 1. The number of esters is 1. The monoisotopic (exact) mass is 379 g/mol. The predicted octanol–water partition coefficient (Wildman–Crippen LogP) is 4.10. The van der Waals surface area contributed by atoms with Crippen molar-refractivity contribution in [1.29, 1.82) is 0 Å². The number of thiophene rings is 1. The van der Waals surface area contributed by atoms with Crippen LogP contribution < -0.4 is 0 Å². The van der Waals surface area contributed by atoms with Gasteiger partial charge in [-0.15, -0.1) is 21.5 Å². The first-order valence-electron chi connectivity index (χ1n) is 8.81. The van der Waals surface area contributed by atoms with Crippen molar-refractivity contribution in [3.63, 3.8) is 0 Å². The Labute approximate surface area is 157 Å². The molecular weight excluding hydrogens is 354 g/mol. The van der Waals surface area contributed by atoms with Gasteiger partial charge in [0.05, 0.1) is 16.7 Å². The molecule has 0 amide bonds. The van der Waals surface area contributed by atoms with E-state index in [1.54, 1.807) is 0 Å². The van der Waals surface area contributed by atoms with Gasteiger partial charge in [-0.25, -0.2) is 0 Å². The molecule has 0 fully saturated rings. The molecule has 136 valence electrons. The maximum absolute atomic E-state index is 11.7. The minimum absolute atomic E-state index is 0.0902. The summed E-state index contributed by atoms with van der Waals surface area (Å²) >= 11 is 3.21. The number of rotatable bonds is 6. The fourth-order valence-electron chi connectivity index (χ4n) is 3.13. The van der Waals surface area contributed by atoms with Crippen LogP contribution in [0.25, 0.3) is 10.7 Å². The van der Waals surface area contributed by atoms with E-state index >= 15 is 0 Å². The molecule has 0 saturated carbocycles. The number of thioether (sulfide) groups is 1. The first-order valence-corrected chi connectivity index (χ1v) is 10.6. The summed E-state index contributed by atoms with van der Waals surface area (Å²) in [6.45, 7) is 5.98. The summed E-state index contributed by atoms with van der Waals surface area (Å²) < 4.78 is 7.14. The van der Waals surface area contributed by atoms with Crippen molar-refractivity contribution in [3.05, 3.63) is 16.5 Å². The summed E-state index contributed by atoms with van der Waals surface area (Å²) in [4.78, 5) is 14.4. The first kappa shape index (κ1) is 18.5. The van der Waals surface area contributed by atoms with Gasteiger partial charge in [0.2, 0.25) is 0 Å². The third-order valence-electron chi connectivity index (χ3n) is 4.50. The molecule has 1 aliphatic carbocycles. The van der Waals surface area contributed by atoms with Gasteiger partial charge in [0.15, 0.2) is 11.0 Å². The fraction of sp³-hybridized carbons (Fsp3) is 0.611. The molecule has 1 unspecified atom stereocenters. The van der Waals surface area contributed by atoms with Crippen molar-refractivity contribution in [3.8, 4) is 10.7 Å². The van der Waals surface area contributed by atoms with Crippen LogP contribution in [0.3, 0.4) is 0 Å².